The van der Waals surface area contributed by atoms with Gasteiger partial charge in [-0.15, -0.1) is 0 Å². The Bertz CT molecular complexity index is 462. The minimum atomic E-state index is -0.743. The summed E-state index contributed by atoms with van der Waals surface area (Å²) < 4.78 is 10.5. The molecule has 5 nitrogen and oxygen atoms in total. The monoisotopic (exact) mass is 507 g/mol. The molecular formula is C29H58NNaO4. The van der Waals surface area contributed by atoms with E-state index in [0.29, 0.717) is 13.2 Å². The van der Waals surface area contributed by atoms with Gasteiger partial charge in [-0.2, -0.15) is 0 Å². The van der Waals surface area contributed by atoms with Crippen molar-refractivity contribution in [2.75, 3.05) is 13.2 Å². The molecule has 204 valence electrons. The van der Waals surface area contributed by atoms with Crippen molar-refractivity contribution < 1.29 is 19.1 Å². The molecule has 0 amide bonds. The van der Waals surface area contributed by atoms with Gasteiger partial charge in [0.15, 0.2) is 0 Å². The Morgan fingerprint density at radius 2 is 0.914 bits per heavy atom. The molecule has 1 atom stereocenters. The average Bonchev–Trinajstić information content (AvgIpc) is 2.84. The maximum atomic E-state index is 12.0. The van der Waals surface area contributed by atoms with Crippen LogP contribution in [-0.4, -0.2) is 60.8 Å². The van der Waals surface area contributed by atoms with Gasteiger partial charge >= 0.3 is 41.5 Å². The minimum absolute atomic E-state index is 0. The second-order valence-electron chi connectivity index (χ2n) is 9.90. The van der Waals surface area contributed by atoms with E-state index in [4.69, 9.17) is 15.2 Å². The molecule has 0 aromatic heterocycles. The summed E-state index contributed by atoms with van der Waals surface area (Å²) in [7, 11) is 0. The third-order valence-corrected chi connectivity index (χ3v) is 6.47. The molecular weight excluding hydrogens is 449 g/mol. The second-order valence-corrected chi connectivity index (χ2v) is 9.90. The van der Waals surface area contributed by atoms with Crippen LogP contribution >= 0.6 is 0 Å². The number of rotatable bonds is 26. The van der Waals surface area contributed by atoms with Crippen LogP contribution in [-0.2, 0) is 19.1 Å². The third-order valence-electron chi connectivity index (χ3n) is 6.47. The SMILES string of the molecule is CCCCCCCCCCCCOC(=O)CC[C@H](N)C(=O)OCCCCCCCCCCCC.[NaH]. The fourth-order valence-electron chi connectivity index (χ4n) is 4.11. The number of ether oxygens (including phenoxy) is 2. The molecule has 6 heteroatoms. The van der Waals surface area contributed by atoms with Crippen molar-refractivity contribution in [1.29, 1.82) is 0 Å². The number of hydrogen-bond acceptors (Lipinski definition) is 5. The van der Waals surface area contributed by atoms with Crippen molar-refractivity contribution >= 4 is 41.5 Å². The molecule has 0 fully saturated rings. The van der Waals surface area contributed by atoms with Crippen molar-refractivity contribution in [2.45, 2.75) is 161 Å². The van der Waals surface area contributed by atoms with Gasteiger partial charge in [-0.25, -0.2) is 0 Å². The molecule has 0 spiro atoms. The molecule has 0 heterocycles. The molecule has 0 aliphatic heterocycles. The molecule has 0 saturated heterocycles. The number of hydrogen-bond donors (Lipinski definition) is 1. The average molecular weight is 508 g/mol. The Labute approximate surface area is 239 Å². The van der Waals surface area contributed by atoms with E-state index >= 15 is 0 Å². The summed E-state index contributed by atoms with van der Waals surface area (Å²) in [4.78, 5) is 23.8. The van der Waals surface area contributed by atoms with Crippen LogP contribution in [0.25, 0.3) is 0 Å². The van der Waals surface area contributed by atoms with Crippen molar-refractivity contribution in [3.05, 3.63) is 0 Å². The van der Waals surface area contributed by atoms with Gasteiger partial charge in [-0.05, 0) is 19.3 Å². The van der Waals surface area contributed by atoms with Crippen molar-refractivity contribution in [1.82, 2.24) is 0 Å². The van der Waals surface area contributed by atoms with E-state index in [0.717, 1.165) is 25.7 Å². The molecule has 0 unspecified atom stereocenters. The van der Waals surface area contributed by atoms with Crippen LogP contribution in [0.4, 0.5) is 0 Å². The topological polar surface area (TPSA) is 78.6 Å². The predicted octanol–water partition coefficient (Wildman–Crippen LogP) is 7.37. The normalized spacial score (nSPS) is 11.6. The summed E-state index contributed by atoms with van der Waals surface area (Å²) >= 11 is 0. The van der Waals surface area contributed by atoms with E-state index < -0.39 is 12.0 Å². The van der Waals surface area contributed by atoms with Crippen LogP contribution in [0.15, 0.2) is 0 Å². The van der Waals surface area contributed by atoms with E-state index in [-0.39, 0.29) is 48.4 Å². The summed E-state index contributed by atoms with van der Waals surface area (Å²) in [6, 6.07) is -0.743. The predicted molar refractivity (Wildman–Crippen MR) is 150 cm³/mol. The zero-order valence-electron chi connectivity index (χ0n) is 22.8. The van der Waals surface area contributed by atoms with Crippen LogP contribution in [0.3, 0.4) is 0 Å². The van der Waals surface area contributed by atoms with Crippen molar-refractivity contribution in [3.8, 4) is 0 Å². The molecule has 0 aliphatic carbocycles. The van der Waals surface area contributed by atoms with Gasteiger partial charge in [0.05, 0.1) is 13.2 Å². The molecule has 0 saturated carbocycles. The molecule has 0 aromatic rings. The van der Waals surface area contributed by atoms with E-state index in [1.165, 1.54) is 103 Å². The van der Waals surface area contributed by atoms with Gasteiger partial charge in [0.25, 0.3) is 0 Å². The maximum absolute atomic E-state index is 12.0. The molecule has 0 radical (unpaired) electrons. The van der Waals surface area contributed by atoms with Gasteiger partial charge < -0.3 is 15.2 Å². The van der Waals surface area contributed by atoms with Crippen molar-refractivity contribution in [3.63, 3.8) is 0 Å². The zero-order chi connectivity index (χ0) is 25.1. The van der Waals surface area contributed by atoms with Crippen LogP contribution in [0.5, 0.6) is 0 Å². The van der Waals surface area contributed by atoms with Crippen LogP contribution in [0.1, 0.15) is 155 Å². The van der Waals surface area contributed by atoms with Gasteiger partial charge in [0.2, 0.25) is 0 Å². The number of esters is 2. The van der Waals surface area contributed by atoms with E-state index in [1.807, 2.05) is 0 Å². The number of unbranched alkanes of at least 4 members (excludes halogenated alkanes) is 18. The first-order valence-electron chi connectivity index (χ1n) is 14.7. The summed E-state index contributed by atoms with van der Waals surface area (Å²) in [5.41, 5.74) is 5.87. The van der Waals surface area contributed by atoms with E-state index in [9.17, 15) is 9.59 Å². The first kappa shape index (κ1) is 37.1. The number of carbonyl (C=O) groups is 2. The summed E-state index contributed by atoms with van der Waals surface area (Å²) in [6.45, 7) is 5.38. The first-order chi connectivity index (χ1) is 16.6. The third kappa shape index (κ3) is 28.3. The first-order valence-corrected chi connectivity index (χ1v) is 14.7. The molecule has 0 aliphatic rings. The summed E-state index contributed by atoms with van der Waals surface area (Å²) in [5.74, 6) is -0.674. The Kier molecular flexibility index (Phi) is 31.9. The summed E-state index contributed by atoms with van der Waals surface area (Å²) in [5, 5.41) is 0. The van der Waals surface area contributed by atoms with Gasteiger partial charge in [0, 0.05) is 6.42 Å². The van der Waals surface area contributed by atoms with E-state index in [1.54, 1.807) is 0 Å². The standard InChI is InChI=1S/C29H57NO4.Na.H/c1-3-5-7-9-11-13-15-17-19-21-25-33-28(31)24-23-27(30)29(32)34-26-22-20-18-16-14-12-10-8-6-4-2;;/h27H,3-26,30H2,1-2H3;;/t27-;;/m0../s1. The fourth-order valence-corrected chi connectivity index (χ4v) is 4.11. The van der Waals surface area contributed by atoms with Crippen LogP contribution in [0.2, 0.25) is 0 Å². The molecule has 0 bridgehead atoms. The van der Waals surface area contributed by atoms with Gasteiger partial charge in [0.1, 0.15) is 6.04 Å². The van der Waals surface area contributed by atoms with Gasteiger partial charge in [-0.3, -0.25) is 9.59 Å². The van der Waals surface area contributed by atoms with E-state index in [2.05, 4.69) is 13.8 Å². The van der Waals surface area contributed by atoms with Crippen LogP contribution < -0.4 is 5.73 Å². The zero-order valence-corrected chi connectivity index (χ0v) is 22.8. The number of carbonyl (C=O) groups excluding carboxylic acids is 2. The fraction of sp³-hybridized carbons (Fsp3) is 0.931. The molecule has 0 aromatic carbocycles. The van der Waals surface area contributed by atoms with Crippen molar-refractivity contribution in [2.24, 2.45) is 5.73 Å². The quantitative estimate of drug-likeness (QED) is 0.0751. The van der Waals surface area contributed by atoms with Gasteiger partial charge in [-0.1, -0.05) is 129 Å². The Morgan fingerprint density at radius 1 is 0.571 bits per heavy atom. The molecule has 35 heavy (non-hydrogen) atoms. The Balaban J connectivity index is 0. The number of nitrogens with two attached hydrogens (primary N) is 1. The summed E-state index contributed by atoms with van der Waals surface area (Å²) in [6.07, 6.45) is 25.5. The Morgan fingerprint density at radius 3 is 1.31 bits per heavy atom. The Hall–Kier alpha value is -0.100. The second kappa shape index (κ2) is 30.1. The molecule has 2 N–H and O–H groups in total. The molecule has 0 rings (SSSR count). The van der Waals surface area contributed by atoms with Crippen LogP contribution in [0, 0.1) is 0 Å².